The van der Waals surface area contributed by atoms with Gasteiger partial charge in [0, 0.05) is 34.7 Å². The van der Waals surface area contributed by atoms with Crippen LogP contribution in [0.5, 0.6) is 0 Å². The van der Waals surface area contributed by atoms with Gasteiger partial charge in [0.1, 0.15) is 0 Å². The van der Waals surface area contributed by atoms with E-state index in [0.29, 0.717) is 18.2 Å². The van der Waals surface area contributed by atoms with E-state index in [0.717, 1.165) is 48.3 Å². The number of aliphatic hydroxyl groups is 1. The number of nitrogens with zero attached hydrogens (tertiary/aromatic N) is 3. The second-order valence-electron chi connectivity index (χ2n) is 7.83. The molecule has 0 saturated carbocycles. The Morgan fingerprint density at radius 2 is 2.00 bits per heavy atom. The van der Waals surface area contributed by atoms with Crippen LogP contribution in [-0.4, -0.2) is 45.1 Å². The number of ketones is 1. The van der Waals surface area contributed by atoms with Crippen LogP contribution in [0, 0.1) is 25.2 Å². The van der Waals surface area contributed by atoms with Gasteiger partial charge in [-0.2, -0.15) is 5.26 Å². The molecule has 3 heterocycles. The zero-order chi connectivity index (χ0) is 19.1. The van der Waals surface area contributed by atoms with Crippen molar-refractivity contribution in [2.45, 2.75) is 57.7 Å². The Morgan fingerprint density at radius 1 is 1.26 bits per heavy atom. The van der Waals surface area contributed by atoms with Crippen molar-refractivity contribution in [2.24, 2.45) is 0 Å². The first-order valence-corrected chi connectivity index (χ1v) is 9.66. The fourth-order valence-electron chi connectivity index (χ4n) is 4.89. The lowest BCUT2D eigenvalue weighted by Crippen LogP contribution is -2.44. The number of Topliss-reactive ketones (excluding diaryl/α,β-unsaturated/α-hetero) is 1. The fraction of sp³-hybridized carbons (Fsp3) is 0.455. The number of nitriles is 1. The molecular formula is C22H25N3O2. The predicted octanol–water partition coefficient (Wildman–Crippen LogP) is 3.14. The second kappa shape index (κ2) is 6.95. The summed E-state index contributed by atoms with van der Waals surface area (Å²) in [5, 5.41) is 19.3. The molecule has 2 fully saturated rings. The van der Waals surface area contributed by atoms with E-state index in [1.165, 1.54) is 0 Å². The van der Waals surface area contributed by atoms with E-state index in [9.17, 15) is 9.90 Å². The number of aromatic nitrogens is 1. The molecule has 2 unspecified atom stereocenters. The van der Waals surface area contributed by atoms with Crippen molar-refractivity contribution >= 4 is 5.78 Å². The Morgan fingerprint density at radius 3 is 2.67 bits per heavy atom. The number of aryl methyl sites for hydroxylation is 1. The van der Waals surface area contributed by atoms with Gasteiger partial charge in [-0.05, 0) is 63.4 Å². The quantitative estimate of drug-likeness (QED) is 0.848. The number of hydrogen-bond donors (Lipinski definition) is 1. The summed E-state index contributed by atoms with van der Waals surface area (Å²) >= 11 is 0. The highest BCUT2D eigenvalue weighted by Gasteiger charge is 2.43. The highest BCUT2D eigenvalue weighted by atomic mass is 16.3. The molecule has 3 atom stereocenters. The third-order valence-corrected chi connectivity index (χ3v) is 6.20. The van der Waals surface area contributed by atoms with Crippen LogP contribution in [0.25, 0.3) is 5.69 Å². The van der Waals surface area contributed by atoms with Crippen LogP contribution in [0.1, 0.15) is 53.0 Å². The third-order valence-electron chi connectivity index (χ3n) is 6.20. The molecule has 0 spiro atoms. The third kappa shape index (κ3) is 3.09. The van der Waals surface area contributed by atoms with Gasteiger partial charge in [0.15, 0.2) is 5.78 Å². The van der Waals surface area contributed by atoms with Gasteiger partial charge in [0.25, 0.3) is 0 Å². The first-order valence-electron chi connectivity index (χ1n) is 9.66. The lowest BCUT2D eigenvalue weighted by Gasteiger charge is -2.34. The number of benzene rings is 1. The number of carbonyl (C=O) groups is 1. The Labute approximate surface area is 159 Å². The molecule has 0 amide bonds. The Kier molecular flexibility index (Phi) is 4.63. The average Bonchev–Trinajstić information content (AvgIpc) is 3.03. The summed E-state index contributed by atoms with van der Waals surface area (Å²) in [5.74, 6) is 0.119. The number of fused-ring (bicyclic) bond motifs is 2. The van der Waals surface area contributed by atoms with E-state index in [4.69, 9.17) is 5.26 Å². The molecule has 5 nitrogen and oxygen atoms in total. The normalized spacial score (nSPS) is 24.7. The summed E-state index contributed by atoms with van der Waals surface area (Å²) < 4.78 is 2.06. The van der Waals surface area contributed by atoms with Crippen LogP contribution in [0.4, 0.5) is 0 Å². The summed E-state index contributed by atoms with van der Waals surface area (Å²) in [4.78, 5) is 15.3. The van der Waals surface area contributed by atoms with Crippen LogP contribution in [0.3, 0.4) is 0 Å². The Hall–Kier alpha value is -2.42. The summed E-state index contributed by atoms with van der Waals surface area (Å²) in [5.41, 5.74) is 4.25. The Bertz CT molecular complexity index is 907. The van der Waals surface area contributed by atoms with Crippen molar-refractivity contribution in [2.75, 3.05) is 6.54 Å². The van der Waals surface area contributed by atoms with Gasteiger partial charge in [0.2, 0.25) is 0 Å². The molecule has 2 aliphatic rings. The molecule has 27 heavy (non-hydrogen) atoms. The maximum atomic E-state index is 13.1. The first-order chi connectivity index (χ1) is 13.0. The van der Waals surface area contributed by atoms with Crippen LogP contribution < -0.4 is 0 Å². The topological polar surface area (TPSA) is 69.3 Å². The Balaban J connectivity index is 1.59. The molecule has 5 heteroatoms. The first kappa shape index (κ1) is 18.0. The SMILES string of the molecule is Cc1cc(C(=O)CN2C3CCCC2[C@@H](O)C3)c(C)n1-c1ccc(C#N)cc1. The number of hydrogen-bond acceptors (Lipinski definition) is 4. The monoisotopic (exact) mass is 363 g/mol. The van der Waals surface area contributed by atoms with Crippen molar-refractivity contribution in [3.63, 3.8) is 0 Å². The summed E-state index contributed by atoms with van der Waals surface area (Å²) in [7, 11) is 0. The molecule has 1 N–H and O–H groups in total. The molecule has 1 aromatic carbocycles. The summed E-state index contributed by atoms with van der Waals surface area (Å²) in [6.45, 7) is 4.35. The molecule has 0 aliphatic carbocycles. The van der Waals surface area contributed by atoms with Gasteiger partial charge in [-0.1, -0.05) is 6.42 Å². The number of piperidine rings is 1. The molecule has 2 saturated heterocycles. The molecule has 2 bridgehead atoms. The molecule has 4 rings (SSSR count). The highest BCUT2D eigenvalue weighted by molar-refractivity contribution is 5.99. The number of carbonyl (C=O) groups excluding carboxylic acids is 1. The smallest absolute Gasteiger partial charge is 0.178 e. The van der Waals surface area contributed by atoms with Crippen LogP contribution in [0.2, 0.25) is 0 Å². The van der Waals surface area contributed by atoms with Gasteiger partial charge in [-0.3, -0.25) is 9.69 Å². The highest BCUT2D eigenvalue weighted by Crippen LogP contribution is 2.36. The summed E-state index contributed by atoms with van der Waals surface area (Å²) in [6, 6.07) is 12.0. The number of aliphatic hydroxyl groups excluding tert-OH is 1. The molecule has 1 aromatic heterocycles. The second-order valence-corrected chi connectivity index (χ2v) is 7.83. The zero-order valence-corrected chi connectivity index (χ0v) is 15.9. The maximum Gasteiger partial charge on any atom is 0.178 e. The standard InChI is InChI=1S/C22H25N3O2/c1-14-10-19(15(2)25(14)17-8-6-16(12-23)7-9-17)22(27)13-24-18-4-3-5-20(24)21(26)11-18/h6-10,18,20-21,26H,3-5,11,13H2,1-2H3/t18?,20?,21-/m0/s1. The van der Waals surface area contributed by atoms with Gasteiger partial charge in [0.05, 0.1) is 24.3 Å². The summed E-state index contributed by atoms with van der Waals surface area (Å²) in [6.07, 6.45) is 3.70. The van der Waals surface area contributed by atoms with Gasteiger partial charge >= 0.3 is 0 Å². The van der Waals surface area contributed by atoms with Crippen molar-refractivity contribution < 1.29 is 9.90 Å². The number of rotatable bonds is 4. The lowest BCUT2D eigenvalue weighted by atomic mass is 10.0. The maximum absolute atomic E-state index is 13.1. The van der Waals surface area contributed by atoms with E-state index >= 15 is 0 Å². The van der Waals surface area contributed by atoms with Gasteiger partial charge in [-0.15, -0.1) is 0 Å². The van der Waals surface area contributed by atoms with Crippen molar-refractivity contribution in [1.29, 1.82) is 5.26 Å². The molecular weight excluding hydrogens is 338 g/mol. The minimum absolute atomic E-state index is 0.119. The minimum Gasteiger partial charge on any atom is -0.391 e. The van der Waals surface area contributed by atoms with Crippen molar-refractivity contribution in [3.05, 3.63) is 52.8 Å². The largest absolute Gasteiger partial charge is 0.391 e. The van der Waals surface area contributed by atoms with Gasteiger partial charge < -0.3 is 9.67 Å². The molecule has 2 aliphatic heterocycles. The van der Waals surface area contributed by atoms with Crippen molar-refractivity contribution in [1.82, 2.24) is 9.47 Å². The van der Waals surface area contributed by atoms with E-state index in [1.807, 2.05) is 32.0 Å². The molecule has 0 radical (unpaired) electrons. The van der Waals surface area contributed by atoms with Gasteiger partial charge in [-0.25, -0.2) is 0 Å². The van der Waals surface area contributed by atoms with Crippen LogP contribution in [-0.2, 0) is 0 Å². The van der Waals surface area contributed by atoms with E-state index < -0.39 is 0 Å². The molecule has 2 aromatic rings. The molecule has 140 valence electrons. The lowest BCUT2D eigenvalue weighted by molar-refractivity contribution is 0.0688. The van der Waals surface area contributed by atoms with Crippen LogP contribution in [0.15, 0.2) is 30.3 Å². The predicted molar refractivity (Wildman–Crippen MR) is 103 cm³/mol. The van der Waals surface area contributed by atoms with E-state index in [1.54, 1.807) is 12.1 Å². The minimum atomic E-state index is -0.295. The fourth-order valence-corrected chi connectivity index (χ4v) is 4.89. The van der Waals surface area contributed by atoms with E-state index in [2.05, 4.69) is 15.5 Å². The van der Waals surface area contributed by atoms with Crippen molar-refractivity contribution in [3.8, 4) is 11.8 Å². The average molecular weight is 363 g/mol. The zero-order valence-electron chi connectivity index (χ0n) is 15.9. The van der Waals surface area contributed by atoms with E-state index in [-0.39, 0.29) is 17.9 Å². The van der Waals surface area contributed by atoms with Crippen LogP contribution >= 0.6 is 0 Å².